The Kier molecular flexibility index (Phi) is 7.77. The van der Waals surface area contributed by atoms with Crippen molar-refractivity contribution in [1.82, 2.24) is 15.5 Å². The van der Waals surface area contributed by atoms with Gasteiger partial charge in [-0.05, 0) is 36.2 Å². The average molecular weight is 455 g/mol. The highest BCUT2D eigenvalue weighted by atomic mass is 32.1. The Morgan fingerprint density at radius 1 is 1.03 bits per heavy atom. The van der Waals surface area contributed by atoms with Crippen LogP contribution in [0.4, 0.5) is 5.13 Å². The van der Waals surface area contributed by atoms with Crippen molar-refractivity contribution in [3.05, 3.63) is 54.1 Å². The number of rotatable bonds is 9. The first kappa shape index (κ1) is 23.2. The molecule has 0 aliphatic rings. The Balaban J connectivity index is 1.73. The van der Waals surface area contributed by atoms with Gasteiger partial charge in [0.15, 0.2) is 0 Å². The first-order chi connectivity index (χ1) is 15.4. The SMILES string of the molecule is CCC(C)C(NC(=O)c1cccc(OC)c1)C(=O)Nc1nnc(-c2cccc(OC)c2)s1. The summed E-state index contributed by atoms with van der Waals surface area (Å²) in [6.07, 6.45) is 0.710. The highest BCUT2D eigenvalue weighted by Crippen LogP contribution is 2.29. The van der Waals surface area contributed by atoms with E-state index in [1.54, 1.807) is 31.4 Å². The Hall–Kier alpha value is -3.46. The van der Waals surface area contributed by atoms with Crippen molar-refractivity contribution in [2.75, 3.05) is 19.5 Å². The van der Waals surface area contributed by atoms with Crippen LogP contribution in [0.25, 0.3) is 10.6 Å². The molecule has 0 radical (unpaired) electrons. The van der Waals surface area contributed by atoms with Gasteiger partial charge in [0.2, 0.25) is 11.0 Å². The number of hydrogen-bond donors (Lipinski definition) is 2. The molecule has 0 spiro atoms. The minimum absolute atomic E-state index is 0.0877. The zero-order chi connectivity index (χ0) is 23.1. The summed E-state index contributed by atoms with van der Waals surface area (Å²) in [5, 5.41) is 14.9. The number of amides is 2. The van der Waals surface area contributed by atoms with Gasteiger partial charge in [0.25, 0.3) is 5.91 Å². The first-order valence-electron chi connectivity index (χ1n) is 10.2. The molecule has 8 nitrogen and oxygen atoms in total. The molecule has 1 aromatic heterocycles. The molecule has 2 aromatic carbocycles. The normalized spacial score (nSPS) is 12.5. The second-order valence-corrected chi connectivity index (χ2v) is 8.18. The van der Waals surface area contributed by atoms with Crippen LogP contribution in [0.2, 0.25) is 0 Å². The lowest BCUT2D eigenvalue weighted by molar-refractivity contribution is -0.119. The Bertz CT molecular complexity index is 1090. The van der Waals surface area contributed by atoms with Gasteiger partial charge in [-0.1, -0.05) is 49.8 Å². The maximum atomic E-state index is 13.0. The van der Waals surface area contributed by atoms with Crippen LogP contribution in [0.3, 0.4) is 0 Å². The second-order valence-electron chi connectivity index (χ2n) is 7.20. The molecular formula is C23H26N4O4S. The van der Waals surface area contributed by atoms with Crippen molar-refractivity contribution in [1.29, 1.82) is 0 Å². The molecule has 0 saturated heterocycles. The molecule has 2 atom stereocenters. The monoisotopic (exact) mass is 454 g/mol. The molecule has 2 amide bonds. The van der Waals surface area contributed by atoms with E-state index in [2.05, 4.69) is 20.8 Å². The fraction of sp³-hybridized carbons (Fsp3) is 0.304. The lowest BCUT2D eigenvalue weighted by Crippen LogP contribution is -2.47. The van der Waals surface area contributed by atoms with Crippen LogP contribution in [0.1, 0.15) is 30.6 Å². The fourth-order valence-electron chi connectivity index (χ4n) is 3.02. The van der Waals surface area contributed by atoms with E-state index in [4.69, 9.17) is 9.47 Å². The van der Waals surface area contributed by atoms with Gasteiger partial charge < -0.3 is 14.8 Å². The van der Waals surface area contributed by atoms with Crippen molar-refractivity contribution in [3.63, 3.8) is 0 Å². The van der Waals surface area contributed by atoms with E-state index in [1.807, 2.05) is 38.1 Å². The summed E-state index contributed by atoms with van der Waals surface area (Å²) >= 11 is 1.25. The summed E-state index contributed by atoms with van der Waals surface area (Å²) in [7, 11) is 3.13. The van der Waals surface area contributed by atoms with Crippen molar-refractivity contribution < 1.29 is 19.1 Å². The predicted molar refractivity (Wildman–Crippen MR) is 124 cm³/mol. The van der Waals surface area contributed by atoms with Crippen molar-refractivity contribution in [2.24, 2.45) is 5.92 Å². The van der Waals surface area contributed by atoms with Gasteiger partial charge in [-0.15, -0.1) is 10.2 Å². The molecule has 0 bridgehead atoms. The highest BCUT2D eigenvalue weighted by Gasteiger charge is 2.27. The van der Waals surface area contributed by atoms with E-state index in [0.717, 1.165) is 5.56 Å². The highest BCUT2D eigenvalue weighted by molar-refractivity contribution is 7.18. The van der Waals surface area contributed by atoms with Gasteiger partial charge in [0.1, 0.15) is 22.5 Å². The van der Waals surface area contributed by atoms with Crippen molar-refractivity contribution in [2.45, 2.75) is 26.3 Å². The number of nitrogens with zero attached hydrogens (tertiary/aromatic N) is 2. The number of ether oxygens (including phenoxy) is 2. The van der Waals surface area contributed by atoms with Gasteiger partial charge in [-0.25, -0.2) is 0 Å². The van der Waals surface area contributed by atoms with Crippen LogP contribution in [-0.4, -0.2) is 42.3 Å². The molecular weight excluding hydrogens is 428 g/mol. The summed E-state index contributed by atoms with van der Waals surface area (Å²) in [4.78, 5) is 25.8. The zero-order valence-electron chi connectivity index (χ0n) is 18.4. The molecule has 2 N–H and O–H groups in total. The molecule has 32 heavy (non-hydrogen) atoms. The Labute approximate surface area is 191 Å². The van der Waals surface area contributed by atoms with E-state index in [1.165, 1.54) is 18.4 Å². The summed E-state index contributed by atoms with van der Waals surface area (Å²) in [6, 6.07) is 13.5. The molecule has 9 heteroatoms. The minimum atomic E-state index is -0.733. The van der Waals surface area contributed by atoms with Gasteiger partial charge in [-0.2, -0.15) is 0 Å². The van der Waals surface area contributed by atoms with Crippen LogP contribution in [-0.2, 0) is 4.79 Å². The van der Waals surface area contributed by atoms with E-state index >= 15 is 0 Å². The van der Waals surface area contributed by atoms with Crippen molar-refractivity contribution in [3.8, 4) is 22.1 Å². The fourth-order valence-corrected chi connectivity index (χ4v) is 3.76. The largest absolute Gasteiger partial charge is 0.497 e. The maximum absolute atomic E-state index is 13.0. The topological polar surface area (TPSA) is 102 Å². The number of benzene rings is 2. The minimum Gasteiger partial charge on any atom is -0.497 e. The smallest absolute Gasteiger partial charge is 0.252 e. The molecule has 3 rings (SSSR count). The van der Waals surface area contributed by atoms with Crippen LogP contribution in [0.15, 0.2) is 48.5 Å². The standard InChI is InChI=1S/C23H26N4O4S/c1-5-14(2)19(24-20(28)15-8-6-10-17(12-15)30-3)21(29)25-23-27-26-22(32-23)16-9-7-11-18(13-16)31-4/h6-14,19H,5H2,1-4H3,(H,24,28)(H,25,27,29). The third-order valence-electron chi connectivity index (χ3n) is 5.09. The number of carbonyl (C=O) groups is 2. The summed E-state index contributed by atoms with van der Waals surface area (Å²) < 4.78 is 10.4. The third-order valence-corrected chi connectivity index (χ3v) is 5.97. The molecule has 2 unspecified atom stereocenters. The van der Waals surface area contributed by atoms with E-state index in [0.29, 0.717) is 33.6 Å². The third kappa shape index (κ3) is 5.61. The number of carbonyl (C=O) groups excluding carboxylic acids is 2. The maximum Gasteiger partial charge on any atom is 0.252 e. The van der Waals surface area contributed by atoms with Gasteiger partial charge in [0, 0.05) is 11.1 Å². The lowest BCUT2D eigenvalue weighted by Gasteiger charge is -2.23. The molecule has 0 fully saturated rings. The van der Waals surface area contributed by atoms with Gasteiger partial charge in [-0.3, -0.25) is 14.9 Å². The van der Waals surface area contributed by atoms with Gasteiger partial charge >= 0.3 is 0 Å². The average Bonchev–Trinajstić information content (AvgIpc) is 3.30. The van der Waals surface area contributed by atoms with Crippen molar-refractivity contribution >= 4 is 28.3 Å². The number of nitrogens with one attached hydrogen (secondary N) is 2. The summed E-state index contributed by atoms with van der Waals surface area (Å²) in [5.74, 6) is 0.499. The summed E-state index contributed by atoms with van der Waals surface area (Å²) in [6.45, 7) is 3.88. The predicted octanol–water partition coefficient (Wildman–Crippen LogP) is 4.01. The molecule has 0 aliphatic heterocycles. The second kappa shape index (κ2) is 10.7. The molecule has 168 valence electrons. The zero-order valence-corrected chi connectivity index (χ0v) is 19.2. The number of hydrogen-bond acceptors (Lipinski definition) is 7. The number of anilines is 1. The Morgan fingerprint density at radius 3 is 2.41 bits per heavy atom. The van der Waals surface area contributed by atoms with E-state index in [9.17, 15) is 9.59 Å². The van der Waals surface area contributed by atoms with Gasteiger partial charge in [0.05, 0.1) is 14.2 Å². The van der Waals surface area contributed by atoms with Crippen LogP contribution in [0.5, 0.6) is 11.5 Å². The molecule has 3 aromatic rings. The first-order valence-corrected chi connectivity index (χ1v) is 11.0. The Morgan fingerprint density at radius 2 is 1.72 bits per heavy atom. The quantitative estimate of drug-likeness (QED) is 0.507. The van der Waals surface area contributed by atoms with E-state index in [-0.39, 0.29) is 17.7 Å². The molecule has 1 heterocycles. The van der Waals surface area contributed by atoms with E-state index < -0.39 is 6.04 Å². The molecule has 0 aliphatic carbocycles. The lowest BCUT2D eigenvalue weighted by atomic mass is 9.98. The summed E-state index contributed by atoms with van der Waals surface area (Å²) in [5.41, 5.74) is 1.26. The number of aromatic nitrogens is 2. The van der Waals surface area contributed by atoms with Crippen LogP contribution < -0.4 is 20.1 Å². The number of methoxy groups -OCH3 is 2. The van der Waals surface area contributed by atoms with Crippen LogP contribution >= 0.6 is 11.3 Å². The molecule has 0 saturated carbocycles. The van der Waals surface area contributed by atoms with Crippen LogP contribution in [0, 0.1) is 5.92 Å².